The van der Waals surface area contributed by atoms with Crippen molar-refractivity contribution >= 4 is 16.9 Å². The fourth-order valence-corrected chi connectivity index (χ4v) is 3.98. The summed E-state index contributed by atoms with van der Waals surface area (Å²) in [6, 6.07) is 6.29. The van der Waals surface area contributed by atoms with Crippen molar-refractivity contribution < 1.29 is 4.74 Å². The summed E-state index contributed by atoms with van der Waals surface area (Å²) in [6.07, 6.45) is 3.68. The van der Waals surface area contributed by atoms with Crippen molar-refractivity contribution in [3.05, 3.63) is 42.0 Å². The van der Waals surface area contributed by atoms with Crippen molar-refractivity contribution in [2.24, 2.45) is 0 Å². The van der Waals surface area contributed by atoms with Crippen LogP contribution in [0.4, 0.5) is 5.82 Å². The van der Waals surface area contributed by atoms with Crippen LogP contribution in [0.15, 0.2) is 30.6 Å². The van der Waals surface area contributed by atoms with Crippen molar-refractivity contribution in [1.82, 2.24) is 30.1 Å². The summed E-state index contributed by atoms with van der Waals surface area (Å²) < 4.78 is 5.62. The summed E-state index contributed by atoms with van der Waals surface area (Å²) in [5.41, 5.74) is 5.60. The summed E-state index contributed by atoms with van der Waals surface area (Å²) >= 11 is 0. The topological polar surface area (TPSA) is 95.6 Å². The quantitative estimate of drug-likeness (QED) is 0.558. The molecule has 5 heterocycles. The molecule has 5 rings (SSSR count). The Morgan fingerprint density at radius 2 is 2.10 bits per heavy atom. The molecule has 1 saturated heterocycles. The van der Waals surface area contributed by atoms with E-state index in [0.29, 0.717) is 19.0 Å². The molecule has 0 spiro atoms. The number of pyridine rings is 1. The van der Waals surface area contributed by atoms with Crippen molar-refractivity contribution in [1.29, 1.82) is 0 Å². The molecule has 1 aliphatic rings. The molecule has 1 aliphatic heterocycles. The van der Waals surface area contributed by atoms with Crippen LogP contribution in [0, 0.1) is 13.8 Å². The van der Waals surface area contributed by atoms with Gasteiger partial charge in [-0.05, 0) is 32.9 Å². The molecule has 0 aromatic carbocycles. The highest BCUT2D eigenvalue weighted by atomic mass is 16.5. The zero-order chi connectivity index (χ0) is 20.0. The van der Waals surface area contributed by atoms with E-state index in [1.165, 1.54) is 0 Å². The average molecular weight is 389 g/mol. The van der Waals surface area contributed by atoms with Crippen molar-refractivity contribution in [2.45, 2.75) is 26.8 Å². The standard InChI is InChI=1S/C21H23N7O/c1-12-11-29-9-8-28(12)18-10-17(19-13(2)26-27-14(19)3)24-21(25-18)16-5-7-23-20-15(16)4-6-22-20/h4-7,10,12H,8-9,11H2,1-3H3,(H,22,23)(H,26,27). The minimum atomic E-state index is 0.246. The van der Waals surface area contributed by atoms with Crippen LogP contribution >= 0.6 is 0 Å². The summed E-state index contributed by atoms with van der Waals surface area (Å²) in [7, 11) is 0. The number of aromatic amines is 2. The number of anilines is 1. The number of morpholine rings is 1. The number of hydrogen-bond donors (Lipinski definition) is 2. The van der Waals surface area contributed by atoms with Crippen LogP contribution in [0.25, 0.3) is 33.7 Å². The third-order valence-corrected chi connectivity index (χ3v) is 5.46. The monoisotopic (exact) mass is 389 g/mol. The van der Waals surface area contributed by atoms with Crippen LogP contribution in [-0.2, 0) is 4.74 Å². The SMILES string of the molecule is Cc1n[nH]c(C)c1-c1cc(N2CCOCC2C)nc(-c2ccnc3[nH]ccc23)n1. The van der Waals surface area contributed by atoms with Gasteiger partial charge in [0.1, 0.15) is 11.5 Å². The largest absolute Gasteiger partial charge is 0.377 e. The number of ether oxygens (including phenoxy) is 1. The van der Waals surface area contributed by atoms with Gasteiger partial charge in [-0.25, -0.2) is 15.0 Å². The van der Waals surface area contributed by atoms with Crippen LogP contribution < -0.4 is 4.90 Å². The lowest BCUT2D eigenvalue weighted by atomic mass is 10.1. The molecule has 4 aromatic heterocycles. The molecule has 4 aromatic rings. The summed E-state index contributed by atoms with van der Waals surface area (Å²) in [5.74, 6) is 1.59. The number of nitrogens with zero attached hydrogens (tertiary/aromatic N) is 5. The van der Waals surface area contributed by atoms with E-state index in [1.807, 2.05) is 32.2 Å². The van der Waals surface area contributed by atoms with Crippen molar-refractivity contribution in [2.75, 3.05) is 24.7 Å². The van der Waals surface area contributed by atoms with Crippen LogP contribution in [0.1, 0.15) is 18.3 Å². The molecule has 0 aliphatic carbocycles. The first-order chi connectivity index (χ1) is 14.1. The van der Waals surface area contributed by atoms with E-state index in [0.717, 1.165) is 51.6 Å². The predicted molar refractivity (Wildman–Crippen MR) is 112 cm³/mol. The normalized spacial score (nSPS) is 17.2. The Morgan fingerprint density at radius 3 is 2.90 bits per heavy atom. The second-order valence-electron chi connectivity index (χ2n) is 7.46. The highest BCUT2D eigenvalue weighted by Crippen LogP contribution is 2.32. The van der Waals surface area contributed by atoms with Gasteiger partial charge >= 0.3 is 0 Å². The number of rotatable bonds is 3. The highest BCUT2D eigenvalue weighted by Gasteiger charge is 2.23. The van der Waals surface area contributed by atoms with Gasteiger partial charge < -0.3 is 14.6 Å². The second kappa shape index (κ2) is 6.97. The Kier molecular flexibility index (Phi) is 4.28. The van der Waals surface area contributed by atoms with Crippen LogP contribution in [-0.4, -0.2) is 55.9 Å². The molecule has 1 unspecified atom stereocenters. The summed E-state index contributed by atoms with van der Waals surface area (Å²) in [4.78, 5) is 19.8. The van der Waals surface area contributed by atoms with E-state index in [2.05, 4.69) is 38.1 Å². The maximum atomic E-state index is 5.62. The van der Waals surface area contributed by atoms with Crippen molar-refractivity contribution in [3.63, 3.8) is 0 Å². The van der Waals surface area contributed by atoms with E-state index in [4.69, 9.17) is 14.7 Å². The smallest absolute Gasteiger partial charge is 0.162 e. The molecule has 8 heteroatoms. The Hall–Kier alpha value is -3.26. The predicted octanol–water partition coefficient (Wildman–Crippen LogP) is 3.25. The molecule has 1 atom stereocenters. The number of fused-ring (bicyclic) bond motifs is 1. The minimum absolute atomic E-state index is 0.246. The zero-order valence-corrected chi connectivity index (χ0v) is 16.7. The van der Waals surface area contributed by atoms with Crippen LogP contribution in [0.2, 0.25) is 0 Å². The van der Waals surface area contributed by atoms with E-state index in [-0.39, 0.29) is 6.04 Å². The van der Waals surface area contributed by atoms with Gasteiger partial charge in [-0.3, -0.25) is 5.10 Å². The van der Waals surface area contributed by atoms with Crippen molar-refractivity contribution in [3.8, 4) is 22.6 Å². The maximum absolute atomic E-state index is 5.62. The van der Waals surface area contributed by atoms with Gasteiger partial charge in [0.15, 0.2) is 5.82 Å². The minimum Gasteiger partial charge on any atom is -0.377 e. The molecular weight excluding hydrogens is 366 g/mol. The Morgan fingerprint density at radius 1 is 1.21 bits per heavy atom. The number of aromatic nitrogens is 6. The maximum Gasteiger partial charge on any atom is 0.162 e. The van der Waals surface area contributed by atoms with Gasteiger partial charge in [0.2, 0.25) is 0 Å². The molecule has 0 bridgehead atoms. The third kappa shape index (κ3) is 3.05. The van der Waals surface area contributed by atoms with Gasteiger partial charge in [0.25, 0.3) is 0 Å². The molecule has 29 heavy (non-hydrogen) atoms. The molecule has 2 N–H and O–H groups in total. The zero-order valence-electron chi connectivity index (χ0n) is 16.7. The van der Waals surface area contributed by atoms with Crippen LogP contribution in [0.5, 0.6) is 0 Å². The lowest BCUT2D eigenvalue weighted by molar-refractivity contribution is 0.0985. The van der Waals surface area contributed by atoms with Gasteiger partial charge in [-0.2, -0.15) is 5.10 Å². The molecule has 0 amide bonds. The van der Waals surface area contributed by atoms with Gasteiger partial charge in [-0.1, -0.05) is 0 Å². The van der Waals surface area contributed by atoms with Gasteiger partial charge in [0.05, 0.1) is 30.6 Å². The molecule has 8 nitrogen and oxygen atoms in total. The molecule has 0 radical (unpaired) electrons. The molecular formula is C21H23N7O. The number of aryl methyl sites for hydroxylation is 2. The Bertz CT molecular complexity index is 1160. The molecule has 1 fully saturated rings. The first-order valence-electron chi connectivity index (χ1n) is 9.79. The highest BCUT2D eigenvalue weighted by molar-refractivity contribution is 5.91. The second-order valence-corrected chi connectivity index (χ2v) is 7.46. The first kappa shape index (κ1) is 17.8. The van der Waals surface area contributed by atoms with E-state index in [1.54, 1.807) is 6.20 Å². The average Bonchev–Trinajstić information content (AvgIpc) is 3.34. The Labute approximate surface area is 168 Å². The number of H-pyrrole nitrogens is 2. The van der Waals surface area contributed by atoms with E-state index in [9.17, 15) is 0 Å². The van der Waals surface area contributed by atoms with E-state index < -0.39 is 0 Å². The van der Waals surface area contributed by atoms with Gasteiger partial charge in [0, 0.05) is 47.2 Å². The molecule has 148 valence electrons. The number of hydrogen-bond acceptors (Lipinski definition) is 6. The van der Waals surface area contributed by atoms with E-state index >= 15 is 0 Å². The summed E-state index contributed by atoms with van der Waals surface area (Å²) in [5, 5.41) is 8.43. The fourth-order valence-electron chi connectivity index (χ4n) is 3.98. The fraction of sp³-hybridized carbons (Fsp3) is 0.333. The lowest BCUT2D eigenvalue weighted by Gasteiger charge is -2.34. The Balaban J connectivity index is 1.73. The third-order valence-electron chi connectivity index (χ3n) is 5.46. The first-order valence-corrected chi connectivity index (χ1v) is 9.79. The number of nitrogens with one attached hydrogen (secondary N) is 2. The summed E-state index contributed by atoms with van der Waals surface area (Å²) in [6.45, 7) is 8.36. The lowest BCUT2D eigenvalue weighted by Crippen LogP contribution is -2.44. The molecule has 0 saturated carbocycles. The van der Waals surface area contributed by atoms with Gasteiger partial charge in [-0.15, -0.1) is 0 Å². The van der Waals surface area contributed by atoms with Crippen LogP contribution in [0.3, 0.4) is 0 Å².